The second kappa shape index (κ2) is 6.03. The van der Waals surface area contributed by atoms with Crippen LogP contribution in [0.25, 0.3) is 0 Å². The highest BCUT2D eigenvalue weighted by atomic mass is 79.9. The molecule has 2 aromatic rings. The minimum Gasteiger partial charge on any atom is -0.490 e. The van der Waals surface area contributed by atoms with E-state index < -0.39 is 4.92 Å². The Labute approximate surface area is 122 Å². The number of nitro benzene ring substituents is 1. The number of thiophene rings is 1. The third-order valence-electron chi connectivity index (χ3n) is 2.35. The first kappa shape index (κ1) is 13.8. The predicted octanol–water partition coefficient (Wildman–Crippen LogP) is 4.01. The molecule has 19 heavy (non-hydrogen) atoms. The predicted molar refractivity (Wildman–Crippen MR) is 76.0 cm³/mol. The average molecular weight is 344 g/mol. The van der Waals surface area contributed by atoms with Crippen LogP contribution in [0.3, 0.4) is 0 Å². The van der Waals surface area contributed by atoms with Crippen LogP contribution in [-0.2, 0) is 6.61 Å². The van der Waals surface area contributed by atoms with Gasteiger partial charge in [-0.3, -0.25) is 10.1 Å². The van der Waals surface area contributed by atoms with Crippen LogP contribution in [0.4, 0.5) is 5.69 Å². The van der Waals surface area contributed by atoms with Crippen molar-refractivity contribution in [1.82, 2.24) is 0 Å². The van der Waals surface area contributed by atoms with Crippen LogP contribution in [-0.4, -0.2) is 12.0 Å². The van der Waals surface area contributed by atoms with Gasteiger partial charge in [-0.25, -0.2) is 0 Å². The second-order valence-corrected chi connectivity index (χ2v) is 5.52. The molecule has 0 unspecified atom stereocenters. The summed E-state index contributed by atoms with van der Waals surface area (Å²) in [6.07, 6.45) is 0. The summed E-state index contributed by atoms with van der Waals surface area (Å²) in [6, 6.07) is 6.48. The number of rotatable bonds is 5. The lowest BCUT2D eigenvalue weighted by Crippen LogP contribution is -1.97. The monoisotopic (exact) mass is 343 g/mol. The third kappa shape index (κ3) is 3.45. The molecule has 0 amide bonds. The van der Waals surface area contributed by atoms with Gasteiger partial charge in [0.25, 0.3) is 0 Å². The average Bonchev–Trinajstić information content (AvgIpc) is 2.81. The lowest BCUT2D eigenvalue weighted by molar-refractivity contribution is -0.385. The van der Waals surface area contributed by atoms with Gasteiger partial charge in [0.1, 0.15) is 12.4 Å². The molecule has 0 spiro atoms. The van der Waals surface area contributed by atoms with Gasteiger partial charge in [0.05, 0.1) is 18.1 Å². The Morgan fingerprint density at radius 3 is 2.79 bits per heavy atom. The molecule has 0 bridgehead atoms. The van der Waals surface area contributed by atoms with Crippen LogP contribution in [0.15, 0.2) is 34.1 Å². The van der Waals surface area contributed by atoms with E-state index >= 15 is 0 Å². The van der Waals surface area contributed by atoms with Crippen LogP contribution in [0.1, 0.15) is 4.88 Å². The Bertz CT molecular complexity index is 599. The standard InChI is InChI=1S/C12H10BrNO4S/c1-17-12-3-2-9(5-11(12)14(15)16)18-6-10-4-8(13)7-19-10/h2-5,7H,6H2,1H3. The summed E-state index contributed by atoms with van der Waals surface area (Å²) in [7, 11) is 1.39. The molecule has 0 aliphatic carbocycles. The van der Waals surface area contributed by atoms with E-state index in [-0.39, 0.29) is 11.4 Å². The first-order chi connectivity index (χ1) is 9.10. The molecule has 100 valence electrons. The number of hydrogen-bond acceptors (Lipinski definition) is 5. The van der Waals surface area contributed by atoms with Gasteiger partial charge in [0.2, 0.25) is 0 Å². The quantitative estimate of drug-likeness (QED) is 0.607. The molecule has 0 fully saturated rings. The fraction of sp³-hybridized carbons (Fsp3) is 0.167. The van der Waals surface area contributed by atoms with Gasteiger partial charge >= 0.3 is 5.69 Å². The summed E-state index contributed by atoms with van der Waals surface area (Å²) in [5, 5.41) is 12.8. The third-order valence-corrected chi connectivity index (χ3v) is 4.02. The molecule has 0 aliphatic rings. The fourth-order valence-electron chi connectivity index (χ4n) is 1.49. The van der Waals surface area contributed by atoms with E-state index in [1.807, 2.05) is 11.4 Å². The Kier molecular flexibility index (Phi) is 4.39. The van der Waals surface area contributed by atoms with Gasteiger partial charge < -0.3 is 9.47 Å². The minimum atomic E-state index is -0.493. The van der Waals surface area contributed by atoms with Crippen LogP contribution in [0.2, 0.25) is 0 Å². The van der Waals surface area contributed by atoms with Crippen molar-refractivity contribution >= 4 is 33.0 Å². The number of ether oxygens (including phenoxy) is 2. The van der Waals surface area contributed by atoms with Gasteiger partial charge in [0, 0.05) is 14.7 Å². The number of hydrogen-bond donors (Lipinski definition) is 0. The summed E-state index contributed by atoms with van der Waals surface area (Å²) in [5.41, 5.74) is -0.104. The van der Waals surface area contributed by atoms with Crippen molar-refractivity contribution in [2.75, 3.05) is 7.11 Å². The molecule has 0 saturated heterocycles. The molecule has 0 saturated carbocycles. The Hall–Kier alpha value is -1.60. The minimum absolute atomic E-state index is 0.104. The van der Waals surface area contributed by atoms with E-state index in [0.717, 1.165) is 9.35 Å². The summed E-state index contributed by atoms with van der Waals surface area (Å²) in [5.74, 6) is 0.660. The zero-order valence-corrected chi connectivity index (χ0v) is 12.4. The lowest BCUT2D eigenvalue weighted by Gasteiger charge is -2.06. The highest BCUT2D eigenvalue weighted by Crippen LogP contribution is 2.31. The molecule has 0 N–H and O–H groups in total. The number of benzene rings is 1. The second-order valence-electron chi connectivity index (χ2n) is 3.61. The normalized spacial score (nSPS) is 10.2. The Morgan fingerprint density at radius 2 is 2.21 bits per heavy atom. The largest absolute Gasteiger partial charge is 0.490 e. The first-order valence-electron chi connectivity index (χ1n) is 5.28. The Morgan fingerprint density at radius 1 is 1.42 bits per heavy atom. The van der Waals surface area contributed by atoms with Crippen molar-refractivity contribution in [3.63, 3.8) is 0 Å². The van der Waals surface area contributed by atoms with Crippen molar-refractivity contribution < 1.29 is 14.4 Å². The zero-order valence-electron chi connectivity index (χ0n) is 9.96. The zero-order chi connectivity index (χ0) is 13.8. The maximum Gasteiger partial charge on any atom is 0.314 e. The van der Waals surface area contributed by atoms with E-state index in [9.17, 15) is 10.1 Å². The number of nitrogens with zero attached hydrogens (tertiary/aromatic N) is 1. The molecule has 5 nitrogen and oxygen atoms in total. The van der Waals surface area contributed by atoms with Crippen LogP contribution >= 0.6 is 27.3 Å². The van der Waals surface area contributed by atoms with Crippen LogP contribution in [0, 0.1) is 10.1 Å². The smallest absolute Gasteiger partial charge is 0.314 e. The molecule has 2 rings (SSSR count). The summed E-state index contributed by atoms with van der Waals surface area (Å²) >= 11 is 4.91. The lowest BCUT2D eigenvalue weighted by atomic mass is 10.3. The SMILES string of the molecule is COc1ccc(OCc2cc(Br)cs2)cc1[N+](=O)[O-]. The van der Waals surface area contributed by atoms with Crippen molar-refractivity contribution in [2.45, 2.75) is 6.61 Å². The number of methoxy groups -OCH3 is 1. The van der Waals surface area contributed by atoms with Gasteiger partial charge in [-0.15, -0.1) is 11.3 Å². The van der Waals surface area contributed by atoms with E-state index in [4.69, 9.17) is 9.47 Å². The topological polar surface area (TPSA) is 61.6 Å². The van der Waals surface area contributed by atoms with E-state index in [2.05, 4.69) is 15.9 Å². The molecule has 0 radical (unpaired) electrons. The molecule has 1 aromatic heterocycles. The van der Waals surface area contributed by atoms with Gasteiger partial charge in [-0.2, -0.15) is 0 Å². The van der Waals surface area contributed by atoms with Crippen LogP contribution < -0.4 is 9.47 Å². The van der Waals surface area contributed by atoms with Crippen molar-refractivity contribution in [2.24, 2.45) is 0 Å². The number of nitro groups is 1. The molecular weight excluding hydrogens is 334 g/mol. The summed E-state index contributed by atoms with van der Waals surface area (Å²) in [4.78, 5) is 11.4. The van der Waals surface area contributed by atoms with Gasteiger partial charge in [-0.1, -0.05) is 0 Å². The number of halogens is 1. The molecular formula is C12H10BrNO4S. The van der Waals surface area contributed by atoms with Crippen molar-refractivity contribution in [3.05, 3.63) is 49.1 Å². The van der Waals surface area contributed by atoms with E-state index in [1.54, 1.807) is 17.4 Å². The fourth-order valence-corrected chi connectivity index (χ4v) is 2.85. The summed E-state index contributed by atoms with van der Waals surface area (Å²) in [6.45, 7) is 0.375. The maximum absolute atomic E-state index is 10.9. The van der Waals surface area contributed by atoms with E-state index in [1.165, 1.54) is 19.2 Å². The van der Waals surface area contributed by atoms with Gasteiger partial charge in [-0.05, 0) is 34.1 Å². The maximum atomic E-state index is 10.9. The van der Waals surface area contributed by atoms with Crippen molar-refractivity contribution in [3.8, 4) is 11.5 Å². The highest BCUT2D eigenvalue weighted by Gasteiger charge is 2.15. The molecule has 0 atom stereocenters. The molecule has 1 heterocycles. The van der Waals surface area contributed by atoms with Gasteiger partial charge in [0.15, 0.2) is 5.75 Å². The Balaban J connectivity index is 2.12. The highest BCUT2D eigenvalue weighted by molar-refractivity contribution is 9.10. The first-order valence-corrected chi connectivity index (χ1v) is 6.95. The summed E-state index contributed by atoms with van der Waals surface area (Å²) < 4.78 is 11.4. The molecule has 7 heteroatoms. The molecule has 0 aliphatic heterocycles. The van der Waals surface area contributed by atoms with E-state index in [0.29, 0.717) is 12.4 Å². The van der Waals surface area contributed by atoms with Crippen LogP contribution in [0.5, 0.6) is 11.5 Å². The van der Waals surface area contributed by atoms with Crippen molar-refractivity contribution in [1.29, 1.82) is 0 Å². The molecule has 1 aromatic carbocycles.